The number of carbonyl (C=O) groups excluding carboxylic acids is 1. The van der Waals surface area contributed by atoms with Crippen molar-refractivity contribution < 1.29 is 15.0 Å². The lowest BCUT2D eigenvalue weighted by atomic mass is 9.94. The minimum atomic E-state index is -1.87. The number of benzene rings is 1. The molecule has 3 nitrogen and oxygen atoms in total. The van der Waals surface area contributed by atoms with E-state index in [1.165, 1.54) is 0 Å². The molecule has 0 aliphatic carbocycles. The smallest absolute Gasteiger partial charge is 0.200 e. The lowest BCUT2D eigenvalue weighted by Crippen LogP contribution is -2.40. The molecule has 0 aliphatic heterocycles. The van der Waals surface area contributed by atoms with Crippen molar-refractivity contribution in [1.29, 1.82) is 0 Å². The van der Waals surface area contributed by atoms with Crippen LogP contribution < -0.4 is 0 Å². The predicted molar refractivity (Wildman–Crippen MR) is 53.0 cm³/mol. The summed E-state index contributed by atoms with van der Waals surface area (Å²) >= 11 is 0. The molecular formula is C11H12O3. The molecule has 0 amide bonds. The zero-order chi connectivity index (χ0) is 10.6. The van der Waals surface area contributed by atoms with Crippen LogP contribution >= 0.6 is 0 Å². The summed E-state index contributed by atoms with van der Waals surface area (Å²) in [5.41, 5.74) is -1.52. The van der Waals surface area contributed by atoms with Gasteiger partial charge in [-0.3, -0.25) is 4.79 Å². The average molecular weight is 192 g/mol. The van der Waals surface area contributed by atoms with E-state index in [1.807, 2.05) is 0 Å². The Kier molecular flexibility index (Phi) is 3.17. The highest BCUT2D eigenvalue weighted by Gasteiger charge is 2.32. The van der Waals surface area contributed by atoms with Gasteiger partial charge < -0.3 is 10.2 Å². The molecule has 1 aromatic carbocycles. The minimum absolute atomic E-state index is 0.351. The van der Waals surface area contributed by atoms with Gasteiger partial charge in [0.2, 0.25) is 5.78 Å². The van der Waals surface area contributed by atoms with Gasteiger partial charge in [-0.1, -0.05) is 43.0 Å². The molecule has 2 N–H and O–H groups in total. The van der Waals surface area contributed by atoms with Crippen LogP contribution in [0.4, 0.5) is 0 Å². The van der Waals surface area contributed by atoms with Crippen molar-refractivity contribution in [2.75, 3.05) is 6.61 Å². The van der Waals surface area contributed by atoms with E-state index in [2.05, 4.69) is 6.58 Å². The molecule has 0 fully saturated rings. The summed E-state index contributed by atoms with van der Waals surface area (Å²) < 4.78 is 0. The standard InChI is InChI=1S/C11H12O3/c1-2-11(14,8-12)10(13)9-6-4-3-5-7-9/h2-7,12,14H,1,8H2. The molecule has 14 heavy (non-hydrogen) atoms. The Hall–Kier alpha value is -1.45. The van der Waals surface area contributed by atoms with E-state index in [0.717, 1.165) is 6.08 Å². The summed E-state index contributed by atoms with van der Waals surface area (Å²) in [5.74, 6) is -0.546. The third kappa shape index (κ3) is 1.89. The monoisotopic (exact) mass is 192 g/mol. The number of ketones is 1. The maximum absolute atomic E-state index is 11.6. The molecule has 1 aromatic rings. The van der Waals surface area contributed by atoms with E-state index in [0.29, 0.717) is 5.56 Å². The van der Waals surface area contributed by atoms with Crippen LogP contribution in [0.15, 0.2) is 43.0 Å². The quantitative estimate of drug-likeness (QED) is 0.547. The molecule has 0 saturated carbocycles. The number of hydrogen-bond donors (Lipinski definition) is 2. The second kappa shape index (κ2) is 4.17. The van der Waals surface area contributed by atoms with Crippen molar-refractivity contribution in [3.8, 4) is 0 Å². The molecule has 0 spiro atoms. The SMILES string of the molecule is C=CC(O)(CO)C(=O)c1ccccc1. The van der Waals surface area contributed by atoms with Crippen LogP contribution in [0.3, 0.4) is 0 Å². The maximum atomic E-state index is 11.6. The highest BCUT2D eigenvalue weighted by molar-refractivity contribution is 6.03. The van der Waals surface area contributed by atoms with Gasteiger partial charge in [-0.2, -0.15) is 0 Å². The van der Waals surface area contributed by atoms with Crippen molar-refractivity contribution >= 4 is 5.78 Å². The molecule has 1 atom stereocenters. The largest absolute Gasteiger partial charge is 0.393 e. The van der Waals surface area contributed by atoms with Gasteiger partial charge in [0.15, 0.2) is 5.60 Å². The third-order valence-electron chi connectivity index (χ3n) is 2.01. The number of aliphatic hydroxyl groups excluding tert-OH is 1. The Bertz CT molecular complexity index is 332. The van der Waals surface area contributed by atoms with Gasteiger partial charge in [0, 0.05) is 5.56 Å². The van der Waals surface area contributed by atoms with Gasteiger partial charge in [0.25, 0.3) is 0 Å². The lowest BCUT2D eigenvalue weighted by Gasteiger charge is -2.19. The van der Waals surface area contributed by atoms with Crippen LogP contribution in [0.2, 0.25) is 0 Å². The normalized spacial score (nSPS) is 14.4. The zero-order valence-corrected chi connectivity index (χ0v) is 7.68. The van der Waals surface area contributed by atoms with Crippen molar-refractivity contribution in [2.24, 2.45) is 0 Å². The van der Waals surface area contributed by atoms with Gasteiger partial charge in [0.1, 0.15) is 0 Å². The first-order valence-electron chi connectivity index (χ1n) is 4.21. The van der Waals surface area contributed by atoms with Crippen LogP contribution in [0.1, 0.15) is 10.4 Å². The Balaban J connectivity index is 3.01. The molecule has 3 heteroatoms. The van der Waals surface area contributed by atoms with E-state index in [9.17, 15) is 9.90 Å². The van der Waals surface area contributed by atoms with Gasteiger partial charge >= 0.3 is 0 Å². The van der Waals surface area contributed by atoms with E-state index in [4.69, 9.17) is 5.11 Å². The fourth-order valence-corrected chi connectivity index (χ4v) is 1.07. The first kappa shape index (κ1) is 10.6. The topological polar surface area (TPSA) is 57.5 Å². The molecule has 0 aliphatic rings. The first-order chi connectivity index (χ1) is 6.64. The first-order valence-corrected chi connectivity index (χ1v) is 4.21. The molecular weight excluding hydrogens is 180 g/mol. The molecule has 0 aromatic heterocycles. The predicted octanol–water partition coefficient (Wildman–Crippen LogP) is 0.779. The summed E-state index contributed by atoms with van der Waals surface area (Å²) in [6, 6.07) is 8.30. The fraction of sp³-hybridized carbons (Fsp3) is 0.182. The Morgan fingerprint density at radius 3 is 2.43 bits per heavy atom. The lowest BCUT2D eigenvalue weighted by molar-refractivity contribution is 0.0259. The van der Waals surface area contributed by atoms with E-state index >= 15 is 0 Å². The second-order valence-electron chi connectivity index (χ2n) is 2.98. The van der Waals surface area contributed by atoms with Gasteiger partial charge in [-0.15, -0.1) is 0 Å². The van der Waals surface area contributed by atoms with Crippen molar-refractivity contribution in [1.82, 2.24) is 0 Å². The molecule has 0 heterocycles. The van der Waals surface area contributed by atoms with Crippen molar-refractivity contribution in [3.63, 3.8) is 0 Å². The van der Waals surface area contributed by atoms with E-state index in [1.54, 1.807) is 30.3 Å². The van der Waals surface area contributed by atoms with E-state index < -0.39 is 18.0 Å². The van der Waals surface area contributed by atoms with E-state index in [-0.39, 0.29) is 0 Å². The number of hydrogen-bond acceptors (Lipinski definition) is 3. The van der Waals surface area contributed by atoms with Gasteiger partial charge in [-0.05, 0) is 0 Å². The highest BCUT2D eigenvalue weighted by Crippen LogP contribution is 2.14. The Morgan fingerprint density at radius 1 is 1.43 bits per heavy atom. The van der Waals surface area contributed by atoms with Crippen LogP contribution in [0.5, 0.6) is 0 Å². The Morgan fingerprint density at radius 2 is 2.00 bits per heavy atom. The summed E-state index contributed by atoms with van der Waals surface area (Å²) in [5, 5.41) is 18.5. The number of Topliss-reactive ketones (excluding diaryl/α,β-unsaturated/α-hetero) is 1. The Labute approximate surface area is 82.3 Å². The summed E-state index contributed by atoms with van der Waals surface area (Å²) in [6.45, 7) is 2.66. The van der Waals surface area contributed by atoms with Gasteiger partial charge in [0.05, 0.1) is 6.61 Å². The number of aliphatic hydroxyl groups is 2. The van der Waals surface area contributed by atoms with Crippen molar-refractivity contribution in [3.05, 3.63) is 48.6 Å². The van der Waals surface area contributed by atoms with Gasteiger partial charge in [-0.25, -0.2) is 0 Å². The van der Waals surface area contributed by atoms with Crippen LogP contribution in [-0.2, 0) is 0 Å². The molecule has 0 saturated heterocycles. The second-order valence-corrected chi connectivity index (χ2v) is 2.98. The molecule has 74 valence electrons. The maximum Gasteiger partial charge on any atom is 0.200 e. The number of rotatable bonds is 4. The fourth-order valence-electron chi connectivity index (χ4n) is 1.07. The third-order valence-corrected chi connectivity index (χ3v) is 2.01. The zero-order valence-electron chi connectivity index (χ0n) is 7.68. The number of carbonyl (C=O) groups is 1. The molecule has 1 rings (SSSR count). The molecule has 0 radical (unpaired) electrons. The van der Waals surface area contributed by atoms with Crippen LogP contribution in [0.25, 0.3) is 0 Å². The average Bonchev–Trinajstić information content (AvgIpc) is 2.28. The summed E-state index contributed by atoms with van der Waals surface area (Å²) in [4.78, 5) is 11.6. The molecule has 0 bridgehead atoms. The highest BCUT2D eigenvalue weighted by atomic mass is 16.3. The van der Waals surface area contributed by atoms with Crippen molar-refractivity contribution in [2.45, 2.75) is 5.60 Å². The van der Waals surface area contributed by atoms with Crippen LogP contribution in [0, 0.1) is 0 Å². The minimum Gasteiger partial charge on any atom is -0.393 e. The molecule has 1 unspecified atom stereocenters. The summed E-state index contributed by atoms with van der Waals surface area (Å²) in [7, 11) is 0. The summed E-state index contributed by atoms with van der Waals surface area (Å²) in [6.07, 6.45) is 1.04. The van der Waals surface area contributed by atoms with Crippen LogP contribution in [-0.4, -0.2) is 28.2 Å².